The number of nitrogens with two attached hydrogens (primary N) is 1. The fraction of sp³-hybridized carbons (Fsp3) is 0.500. The van der Waals surface area contributed by atoms with E-state index in [0.717, 1.165) is 12.8 Å². The largest absolute Gasteiger partial charge is 0.469 e. The van der Waals surface area contributed by atoms with Crippen molar-refractivity contribution in [3.63, 3.8) is 0 Å². The summed E-state index contributed by atoms with van der Waals surface area (Å²) in [5.41, 5.74) is 5.53. The molecule has 1 atom stereocenters. The summed E-state index contributed by atoms with van der Waals surface area (Å²) in [5, 5.41) is 7.77. The molecular formula is C12H15ClN4O3. The Morgan fingerprint density at radius 2 is 2.25 bits per heavy atom. The Morgan fingerprint density at radius 3 is 2.90 bits per heavy atom. The van der Waals surface area contributed by atoms with Gasteiger partial charge in [-0.05, 0) is 18.9 Å². The Morgan fingerprint density at radius 1 is 1.50 bits per heavy atom. The number of nitrogens with zero attached hydrogens (tertiary/aromatic N) is 3. The number of hydrogen-bond donors (Lipinski definition) is 1. The Kier molecular flexibility index (Phi) is 4.39. The number of rotatable bonds is 3. The molecule has 1 aliphatic rings. The van der Waals surface area contributed by atoms with Crippen LogP contribution in [0.15, 0.2) is 6.07 Å². The van der Waals surface area contributed by atoms with E-state index < -0.39 is 5.91 Å². The van der Waals surface area contributed by atoms with E-state index in [1.807, 2.05) is 4.90 Å². The number of methoxy groups -OCH3 is 1. The molecule has 1 saturated heterocycles. The molecule has 0 unspecified atom stereocenters. The maximum Gasteiger partial charge on any atom is 0.310 e. The number of hydrogen-bond acceptors (Lipinski definition) is 6. The maximum atomic E-state index is 11.6. The number of piperidine rings is 1. The van der Waals surface area contributed by atoms with Crippen LogP contribution in [0.2, 0.25) is 5.15 Å². The van der Waals surface area contributed by atoms with Gasteiger partial charge in [-0.2, -0.15) is 0 Å². The van der Waals surface area contributed by atoms with Crippen molar-refractivity contribution >= 4 is 29.3 Å². The fourth-order valence-corrected chi connectivity index (χ4v) is 2.45. The van der Waals surface area contributed by atoms with Gasteiger partial charge in [0.05, 0.1) is 18.6 Å². The van der Waals surface area contributed by atoms with E-state index >= 15 is 0 Å². The van der Waals surface area contributed by atoms with Crippen molar-refractivity contribution in [2.45, 2.75) is 12.8 Å². The van der Waals surface area contributed by atoms with Crippen LogP contribution in [0.25, 0.3) is 0 Å². The number of anilines is 1. The molecule has 20 heavy (non-hydrogen) atoms. The second-order valence-electron chi connectivity index (χ2n) is 4.58. The van der Waals surface area contributed by atoms with Gasteiger partial charge in [0.2, 0.25) is 0 Å². The number of aromatic nitrogens is 2. The number of ether oxygens (including phenoxy) is 1. The summed E-state index contributed by atoms with van der Waals surface area (Å²) in [5.74, 6) is -0.781. The molecule has 2 rings (SSSR count). The van der Waals surface area contributed by atoms with Crippen LogP contribution in [0.1, 0.15) is 23.2 Å². The first kappa shape index (κ1) is 14.5. The molecule has 0 bridgehead atoms. The average Bonchev–Trinajstić information content (AvgIpc) is 2.46. The summed E-state index contributed by atoms with van der Waals surface area (Å²) in [6.07, 6.45) is 1.54. The van der Waals surface area contributed by atoms with Crippen molar-refractivity contribution in [3.05, 3.63) is 16.8 Å². The third-order valence-electron chi connectivity index (χ3n) is 3.27. The molecule has 1 fully saturated rings. The predicted octanol–water partition coefficient (Wildman–Crippen LogP) is 0.618. The smallest absolute Gasteiger partial charge is 0.310 e. The molecule has 1 aromatic rings. The van der Waals surface area contributed by atoms with Crippen LogP contribution in [0, 0.1) is 5.92 Å². The van der Waals surface area contributed by atoms with Gasteiger partial charge in [0.15, 0.2) is 11.0 Å². The van der Waals surface area contributed by atoms with Gasteiger partial charge in [-0.1, -0.05) is 11.6 Å². The Balaban J connectivity index is 2.27. The molecule has 0 aliphatic carbocycles. The van der Waals surface area contributed by atoms with E-state index in [9.17, 15) is 9.59 Å². The van der Waals surface area contributed by atoms with Gasteiger partial charge in [0.25, 0.3) is 5.91 Å². The normalized spacial score (nSPS) is 18.7. The highest BCUT2D eigenvalue weighted by atomic mass is 35.5. The summed E-state index contributed by atoms with van der Waals surface area (Å²) in [6.45, 7) is 1.09. The lowest BCUT2D eigenvalue weighted by molar-refractivity contribution is -0.145. The molecule has 8 heteroatoms. The molecule has 2 N–H and O–H groups in total. The molecule has 0 spiro atoms. The molecule has 7 nitrogen and oxygen atoms in total. The van der Waals surface area contributed by atoms with Crippen molar-refractivity contribution in [2.75, 3.05) is 25.1 Å². The number of esters is 1. The van der Waals surface area contributed by atoms with Crippen molar-refractivity contribution in [3.8, 4) is 0 Å². The summed E-state index contributed by atoms with van der Waals surface area (Å²) in [4.78, 5) is 24.9. The Hall–Kier alpha value is -1.89. The molecule has 108 valence electrons. The molecule has 2 heterocycles. The van der Waals surface area contributed by atoms with Gasteiger partial charge in [0, 0.05) is 13.1 Å². The zero-order valence-corrected chi connectivity index (χ0v) is 11.8. The first-order valence-electron chi connectivity index (χ1n) is 6.18. The van der Waals surface area contributed by atoms with Crippen molar-refractivity contribution in [1.82, 2.24) is 10.2 Å². The number of halogens is 1. The van der Waals surface area contributed by atoms with Crippen molar-refractivity contribution in [1.29, 1.82) is 0 Å². The lowest BCUT2D eigenvalue weighted by atomic mass is 9.98. The van der Waals surface area contributed by atoms with Crippen LogP contribution in [0.5, 0.6) is 0 Å². The van der Waals surface area contributed by atoms with E-state index in [0.29, 0.717) is 18.9 Å². The van der Waals surface area contributed by atoms with Crippen LogP contribution in [-0.2, 0) is 9.53 Å². The van der Waals surface area contributed by atoms with E-state index in [1.54, 1.807) is 0 Å². The standard InChI is InChI=1S/C12H15ClN4O3/c1-20-12(19)7-3-2-4-17(6-7)11-8(10(14)18)5-9(13)15-16-11/h5,7H,2-4,6H2,1H3,(H2,14,18)/t7-/m0/s1. The third-order valence-corrected chi connectivity index (χ3v) is 3.45. The summed E-state index contributed by atoms with van der Waals surface area (Å²) in [6, 6.07) is 1.38. The lowest BCUT2D eigenvalue weighted by Gasteiger charge is -2.32. The molecule has 0 saturated carbocycles. The SMILES string of the molecule is COC(=O)[C@H]1CCCN(c2nnc(Cl)cc2C(N)=O)C1. The van der Waals surface area contributed by atoms with Gasteiger partial charge in [-0.15, -0.1) is 10.2 Å². The van der Waals surface area contributed by atoms with E-state index in [2.05, 4.69) is 10.2 Å². The second-order valence-corrected chi connectivity index (χ2v) is 4.96. The summed E-state index contributed by atoms with van der Waals surface area (Å²) < 4.78 is 4.76. The topological polar surface area (TPSA) is 98.4 Å². The van der Waals surface area contributed by atoms with E-state index in [4.69, 9.17) is 22.1 Å². The minimum absolute atomic E-state index is 0.101. The van der Waals surface area contributed by atoms with Crippen molar-refractivity contribution in [2.24, 2.45) is 11.7 Å². The molecule has 1 amide bonds. The van der Waals surface area contributed by atoms with Gasteiger partial charge in [-0.3, -0.25) is 9.59 Å². The summed E-state index contributed by atoms with van der Waals surface area (Å²) in [7, 11) is 1.36. The van der Waals surface area contributed by atoms with E-state index in [-0.39, 0.29) is 22.6 Å². The first-order chi connectivity index (χ1) is 9.52. The predicted molar refractivity (Wildman–Crippen MR) is 72.5 cm³/mol. The first-order valence-corrected chi connectivity index (χ1v) is 6.56. The average molecular weight is 299 g/mol. The minimum atomic E-state index is -0.628. The minimum Gasteiger partial charge on any atom is -0.469 e. The number of carbonyl (C=O) groups excluding carboxylic acids is 2. The zero-order chi connectivity index (χ0) is 14.7. The van der Waals surface area contributed by atoms with Gasteiger partial charge >= 0.3 is 5.97 Å². The van der Waals surface area contributed by atoms with E-state index in [1.165, 1.54) is 13.2 Å². The van der Waals surface area contributed by atoms with Gasteiger partial charge in [0.1, 0.15) is 0 Å². The number of amides is 1. The molecular weight excluding hydrogens is 284 g/mol. The molecule has 0 radical (unpaired) electrons. The third kappa shape index (κ3) is 2.98. The monoisotopic (exact) mass is 298 g/mol. The Labute approximate surface area is 121 Å². The quantitative estimate of drug-likeness (QED) is 0.821. The molecule has 1 aliphatic heterocycles. The highest BCUT2D eigenvalue weighted by Gasteiger charge is 2.29. The maximum absolute atomic E-state index is 11.6. The van der Waals surface area contributed by atoms with Crippen LogP contribution in [-0.4, -0.2) is 42.3 Å². The van der Waals surface area contributed by atoms with Crippen LogP contribution in [0.3, 0.4) is 0 Å². The molecule has 1 aromatic heterocycles. The highest BCUT2D eigenvalue weighted by Crippen LogP contribution is 2.25. The fourth-order valence-electron chi connectivity index (χ4n) is 2.31. The van der Waals surface area contributed by atoms with Gasteiger partial charge in [-0.25, -0.2) is 0 Å². The molecule has 0 aromatic carbocycles. The van der Waals surface area contributed by atoms with Crippen LogP contribution in [0.4, 0.5) is 5.82 Å². The van der Waals surface area contributed by atoms with Crippen molar-refractivity contribution < 1.29 is 14.3 Å². The zero-order valence-electron chi connectivity index (χ0n) is 11.0. The number of carbonyl (C=O) groups is 2. The van der Waals surface area contributed by atoms with Gasteiger partial charge < -0.3 is 15.4 Å². The second kappa shape index (κ2) is 6.04. The highest BCUT2D eigenvalue weighted by molar-refractivity contribution is 6.29. The Bertz CT molecular complexity index is 537. The van der Waals surface area contributed by atoms with Crippen LogP contribution < -0.4 is 10.6 Å². The number of primary amides is 1. The lowest BCUT2D eigenvalue weighted by Crippen LogP contribution is -2.40. The summed E-state index contributed by atoms with van der Waals surface area (Å²) >= 11 is 5.73. The van der Waals surface area contributed by atoms with Crippen LogP contribution >= 0.6 is 11.6 Å².